The lowest BCUT2D eigenvalue weighted by Gasteiger charge is -2.30. The molecule has 7 heteroatoms. The van der Waals surface area contributed by atoms with Crippen LogP contribution in [0.5, 0.6) is 11.5 Å². The van der Waals surface area contributed by atoms with E-state index in [0.29, 0.717) is 36.4 Å². The zero-order valence-electron chi connectivity index (χ0n) is 15.7. The van der Waals surface area contributed by atoms with Gasteiger partial charge in [-0.15, -0.1) is 0 Å². The van der Waals surface area contributed by atoms with Crippen LogP contribution in [0.2, 0.25) is 0 Å². The van der Waals surface area contributed by atoms with E-state index in [-0.39, 0.29) is 18.2 Å². The summed E-state index contributed by atoms with van der Waals surface area (Å²) in [5.74, 6) is 0.424. The van der Waals surface area contributed by atoms with Gasteiger partial charge in [-0.3, -0.25) is 4.79 Å². The molecule has 2 aromatic rings. The molecule has 142 valence electrons. The molecule has 2 heterocycles. The smallest absolute Gasteiger partial charge is 0.357 e. The number of hydrogen-bond donors (Lipinski definition) is 0. The first-order chi connectivity index (χ1) is 13.1. The van der Waals surface area contributed by atoms with Gasteiger partial charge in [0, 0.05) is 18.7 Å². The van der Waals surface area contributed by atoms with E-state index in [1.54, 1.807) is 18.9 Å². The van der Waals surface area contributed by atoms with Crippen molar-refractivity contribution in [3.05, 3.63) is 52.8 Å². The predicted octanol–water partition coefficient (Wildman–Crippen LogP) is 2.47. The molecular formula is C20H22N2O5. The number of rotatable bonds is 6. The van der Waals surface area contributed by atoms with Gasteiger partial charge in [-0.05, 0) is 31.0 Å². The number of pyridine rings is 1. The molecule has 1 aromatic carbocycles. The number of fused-ring (bicyclic) bond motifs is 1. The van der Waals surface area contributed by atoms with Crippen LogP contribution in [0.3, 0.4) is 0 Å². The molecule has 27 heavy (non-hydrogen) atoms. The molecule has 0 spiro atoms. The van der Waals surface area contributed by atoms with Crippen LogP contribution in [0, 0.1) is 0 Å². The summed E-state index contributed by atoms with van der Waals surface area (Å²) in [6, 6.07) is 7.58. The minimum absolute atomic E-state index is 0.183. The largest absolute Gasteiger partial charge is 0.497 e. The fraction of sp³-hybridized carbons (Fsp3) is 0.350. The Bertz CT molecular complexity index is 848. The molecule has 0 N–H and O–H groups in total. The van der Waals surface area contributed by atoms with Crippen molar-refractivity contribution in [2.75, 3.05) is 27.4 Å². The third-order valence-electron chi connectivity index (χ3n) is 4.50. The molecule has 0 saturated carbocycles. The molecule has 1 aliphatic rings. The Morgan fingerprint density at radius 3 is 2.56 bits per heavy atom. The van der Waals surface area contributed by atoms with Gasteiger partial charge >= 0.3 is 5.97 Å². The lowest BCUT2D eigenvalue weighted by molar-refractivity contribution is 0.0517. The third kappa shape index (κ3) is 3.72. The van der Waals surface area contributed by atoms with E-state index < -0.39 is 5.97 Å². The van der Waals surface area contributed by atoms with Crippen LogP contribution >= 0.6 is 0 Å². The summed E-state index contributed by atoms with van der Waals surface area (Å²) in [7, 11) is 3.10. The van der Waals surface area contributed by atoms with Gasteiger partial charge in [0.1, 0.15) is 11.5 Å². The number of hydrogen-bond acceptors (Lipinski definition) is 6. The Kier molecular flexibility index (Phi) is 5.59. The molecule has 0 bridgehead atoms. The molecule has 1 amide bonds. The maximum absolute atomic E-state index is 13.1. The maximum Gasteiger partial charge on any atom is 0.357 e. The van der Waals surface area contributed by atoms with Crippen molar-refractivity contribution in [2.45, 2.75) is 19.9 Å². The van der Waals surface area contributed by atoms with Crippen molar-refractivity contribution < 1.29 is 23.8 Å². The van der Waals surface area contributed by atoms with Gasteiger partial charge in [0.15, 0.2) is 5.69 Å². The van der Waals surface area contributed by atoms with Gasteiger partial charge in [0.05, 0.1) is 32.6 Å². The van der Waals surface area contributed by atoms with Crippen LogP contribution in [0.25, 0.3) is 0 Å². The zero-order chi connectivity index (χ0) is 19.4. The zero-order valence-corrected chi connectivity index (χ0v) is 15.7. The first-order valence-corrected chi connectivity index (χ1v) is 8.74. The van der Waals surface area contributed by atoms with Gasteiger partial charge < -0.3 is 19.1 Å². The lowest BCUT2D eigenvalue weighted by atomic mass is 9.96. The Morgan fingerprint density at radius 2 is 1.93 bits per heavy atom. The van der Waals surface area contributed by atoms with E-state index in [4.69, 9.17) is 14.2 Å². The summed E-state index contributed by atoms with van der Waals surface area (Å²) in [6.07, 6.45) is 1.91. The SMILES string of the molecule is CCOC(=O)c1ncc(OC)c2c1CCN(Cc1ccc(OC)cc1)C2=O. The maximum atomic E-state index is 13.1. The summed E-state index contributed by atoms with van der Waals surface area (Å²) in [5.41, 5.74) is 2.15. The summed E-state index contributed by atoms with van der Waals surface area (Å²) >= 11 is 0. The highest BCUT2D eigenvalue weighted by Gasteiger charge is 2.32. The minimum atomic E-state index is -0.521. The van der Waals surface area contributed by atoms with Crippen LogP contribution in [0.4, 0.5) is 0 Å². The van der Waals surface area contributed by atoms with Gasteiger partial charge in [-0.2, -0.15) is 0 Å². The highest BCUT2D eigenvalue weighted by molar-refractivity contribution is 6.02. The van der Waals surface area contributed by atoms with Crippen LogP contribution in [0.15, 0.2) is 30.5 Å². The molecule has 0 atom stereocenters. The first-order valence-electron chi connectivity index (χ1n) is 8.74. The second-order valence-corrected chi connectivity index (χ2v) is 6.07. The summed E-state index contributed by atoms with van der Waals surface area (Å²) < 4.78 is 15.6. The lowest BCUT2D eigenvalue weighted by Crippen LogP contribution is -2.38. The average molecular weight is 370 g/mol. The summed E-state index contributed by atoms with van der Waals surface area (Å²) in [6.45, 7) is 2.93. The third-order valence-corrected chi connectivity index (χ3v) is 4.50. The first kappa shape index (κ1) is 18.7. The fourth-order valence-electron chi connectivity index (χ4n) is 3.15. The van der Waals surface area contributed by atoms with E-state index in [0.717, 1.165) is 11.3 Å². The molecule has 0 aliphatic carbocycles. The van der Waals surface area contributed by atoms with E-state index in [1.165, 1.54) is 13.3 Å². The molecule has 0 saturated heterocycles. The molecule has 0 unspecified atom stereocenters. The molecule has 3 rings (SSSR count). The second kappa shape index (κ2) is 8.07. The van der Waals surface area contributed by atoms with Crippen LogP contribution in [-0.2, 0) is 17.7 Å². The van der Waals surface area contributed by atoms with Crippen molar-refractivity contribution in [3.63, 3.8) is 0 Å². The Hall–Kier alpha value is -3.09. The molecule has 7 nitrogen and oxygen atoms in total. The number of carbonyl (C=O) groups excluding carboxylic acids is 2. The number of esters is 1. The number of nitrogens with zero attached hydrogens (tertiary/aromatic N) is 2. The molecular weight excluding hydrogens is 348 g/mol. The molecule has 0 fully saturated rings. The number of carbonyl (C=O) groups is 2. The topological polar surface area (TPSA) is 78.0 Å². The Balaban J connectivity index is 1.91. The van der Waals surface area contributed by atoms with Crippen molar-refractivity contribution in [1.29, 1.82) is 0 Å². The fourth-order valence-corrected chi connectivity index (χ4v) is 3.15. The normalized spacial score (nSPS) is 13.1. The van der Waals surface area contributed by atoms with Crippen molar-refractivity contribution in [3.8, 4) is 11.5 Å². The number of ether oxygens (including phenoxy) is 3. The van der Waals surface area contributed by atoms with Gasteiger partial charge in [0.25, 0.3) is 5.91 Å². The van der Waals surface area contributed by atoms with E-state index in [2.05, 4.69) is 4.98 Å². The van der Waals surface area contributed by atoms with Crippen molar-refractivity contribution in [1.82, 2.24) is 9.88 Å². The average Bonchev–Trinajstić information content (AvgIpc) is 2.70. The second-order valence-electron chi connectivity index (χ2n) is 6.07. The van der Waals surface area contributed by atoms with Crippen LogP contribution < -0.4 is 9.47 Å². The molecule has 0 radical (unpaired) electrons. The minimum Gasteiger partial charge on any atom is -0.497 e. The van der Waals surface area contributed by atoms with Crippen molar-refractivity contribution >= 4 is 11.9 Å². The summed E-state index contributed by atoms with van der Waals surface area (Å²) in [4.78, 5) is 31.2. The van der Waals surface area contributed by atoms with Crippen LogP contribution in [0.1, 0.15) is 38.9 Å². The molecule has 1 aliphatic heterocycles. The summed E-state index contributed by atoms with van der Waals surface area (Å²) in [5, 5.41) is 0. The monoisotopic (exact) mass is 370 g/mol. The highest BCUT2D eigenvalue weighted by Crippen LogP contribution is 2.30. The van der Waals surface area contributed by atoms with E-state index in [1.807, 2.05) is 24.3 Å². The van der Waals surface area contributed by atoms with Gasteiger partial charge in [-0.1, -0.05) is 12.1 Å². The number of methoxy groups -OCH3 is 2. The highest BCUT2D eigenvalue weighted by atomic mass is 16.5. The van der Waals surface area contributed by atoms with E-state index in [9.17, 15) is 9.59 Å². The van der Waals surface area contributed by atoms with Gasteiger partial charge in [-0.25, -0.2) is 9.78 Å². The van der Waals surface area contributed by atoms with Gasteiger partial charge in [0.2, 0.25) is 0 Å². The predicted molar refractivity (Wildman–Crippen MR) is 98.2 cm³/mol. The number of benzene rings is 1. The Labute approximate surface area is 157 Å². The van der Waals surface area contributed by atoms with E-state index >= 15 is 0 Å². The quantitative estimate of drug-likeness (QED) is 0.727. The molecule has 1 aromatic heterocycles. The van der Waals surface area contributed by atoms with Crippen molar-refractivity contribution in [2.24, 2.45) is 0 Å². The van der Waals surface area contributed by atoms with Crippen LogP contribution in [-0.4, -0.2) is 49.1 Å². The number of aromatic nitrogens is 1. The number of amides is 1. The Morgan fingerprint density at radius 1 is 1.19 bits per heavy atom. The standard InChI is InChI=1S/C20H22N2O5/c1-4-27-20(24)18-15-9-10-22(12-13-5-7-14(25-2)8-6-13)19(23)17(15)16(26-3)11-21-18/h5-8,11H,4,9-10,12H2,1-3H3.